The van der Waals surface area contributed by atoms with E-state index in [2.05, 4.69) is 17.1 Å². The number of benzene rings is 1. The van der Waals surface area contributed by atoms with Crippen LogP contribution in [0, 0.1) is 10.1 Å². The van der Waals surface area contributed by atoms with Crippen molar-refractivity contribution in [3.63, 3.8) is 0 Å². The fraction of sp³-hybridized carbons (Fsp3) is 0.538. The number of nitro groups is 1. The van der Waals surface area contributed by atoms with Crippen LogP contribution in [-0.4, -0.2) is 35.5 Å². The van der Waals surface area contributed by atoms with Crippen LogP contribution in [0.5, 0.6) is 0 Å². The highest BCUT2D eigenvalue weighted by atomic mass is 16.6. The molecule has 0 aromatic heterocycles. The maximum atomic E-state index is 10.9. The van der Waals surface area contributed by atoms with Crippen LogP contribution in [0.3, 0.4) is 0 Å². The first-order chi connectivity index (χ1) is 8.72. The number of likely N-dealkylation sites (tertiary alicyclic amines) is 1. The van der Waals surface area contributed by atoms with E-state index in [1.807, 2.05) is 6.07 Å². The van der Waals surface area contributed by atoms with E-state index in [9.17, 15) is 10.1 Å². The van der Waals surface area contributed by atoms with Crippen LogP contribution in [0.25, 0.3) is 0 Å². The summed E-state index contributed by atoms with van der Waals surface area (Å²) in [6, 6.07) is 7.31. The van der Waals surface area contributed by atoms with Crippen molar-refractivity contribution in [2.24, 2.45) is 0 Å². The Hall–Kier alpha value is -1.62. The zero-order chi connectivity index (χ0) is 13.0. The van der Waals surface area contributed by atoms with E-state index >= 15 is 0 Å². The molecule has 1 saturated heterocycles. The monoisotopic (exact) mass is 249 g/mol. The molecule has 1 aromatic rings. The van der Waals surface area contributed by atoms with E-state index in [-0.39, 0.29) is 10.6 Å². The normalized spacial score (nSPS) is 19.9. The van der Waals surface area contributed by atoms with Gasteiger partial charge in [-0.25, -0.2) is 0 Å². The molecular weight excluding hydrogens is 230 g/mol. The molecule has 1 aliphatic rings. The molecule has 5 nitrogen and oxygen atoms in total. The maximum absolute atomic E-state index is 10.9. The van der Waals surface area contributed by atoms with Crippen molar-refractivity contribution in [3.05, 3.63) is 34.4 Å². The van der Waals surface area contributed by atoms with E-state index < -0.39 is 0 Å². The lowest BCUT2D eigenvalue weighted by molar-refractivity contribution is -0.384. The molecule has 1 aliphatic heterocycles. The molecule has 1 heterocycles. The van der Waals surface area contributed by atoms with Gasteiger partial charge in [-0.15, -0.1) is 0 Å². The summed E-state index contributed by atoms with van der Waals surface area (Å²) in [7, 11) is 0. The predicted octanol–water partition coefficient (Wildman–Crippen LogP) is 2.49. The predicted molar refractivity (Wildman–Crippen MR) is 71.9 cm³/mol. The van der Waals surface area contributed by atoms with Crippen LogP contribution >= 0.6 is 0 Å². The fourth-order valence-corrected chi connectivity index (χ4v) is 2.55. The zero-order valence-corrected chi connectivity index (χ0v) is 10.6. The van der Waals surface area contributed by atoms with Crippen LogP contribution in [0.1, 0.15) is 19.8 Å². The summed E-state index contributed by atoms with van der Waals surface area (Å²) >= 11 is 0. The van der Waals surface area contributed by atoms with E-state index in [0.717, 1.165) is 19.6 Å². The Bertz CT molecular complexity index is 422. The number of para-hydroxylation sites is 2. The van der Waals surface area contributed by atoms with Crippen LogP contribution in [0.2, 0.25) is 0 Å². The van der Waals surface area contributed by atoms with Crippen LogP contribution < -0.4 is 5.32 Å². The van der Waals surface area contributed by atoms with E-state index in [0.29, 0.717) is 11.7 Å². The lowest BCUT2D eigenvalue weighted by Crippen LogP contribution is -2.34. The summed E-state index contributed by atoms with van der Waals surface area (Å²) in [6.07, 6.45) is 2.39. The third-order valence-electron chi connectivity index (χ3n) is 3.53. The van der Waals surface area contributed by atoms with Crippen molar-refractivity contribution in [2.75, 3.05) is 25.0 Å². The van der Waals surface area contributed by atoms with Crippen LogP contribution in [0.15, 0.2) is 24.3 Å². The lowest BCUT2D eigenvalue weighted by atomic mass is 10.2. The fourth-order valence-electron chi connectivity index (χ4n) is 2.55. The van der Waals surface area contributed by atoms with Gasteiger partial charge in [0.1, 0.15) is 5.69 Å². The average molecular weight is 249 g/mol. The molecule has 18 heavy (non-hydrogen) atoms. The van der Waals surface area contributed by atoms with Gasteiger partial charge < -0.3 is 5.32 Å². The van der Waals surface area contributed by atoms with Crippen LogP contribution in [0.4, 0.5) is 11.4 Å². The number of nitrogens with zero attached hydrogens (tertiary/aromatic N) is 2. The molecule has 1 aromatic carbocycles. The standard InChI is InChI=1S/C13H19N3O2/c1-2-15-9-5-6-11(15)10-14-12-7-3-4-8-13(12)16(17)18/h3-4,7-8,11,14H,2,5-6,9-10H2,1H3/t11-/m1/s1. The first-order valence-electron chi connectivity index (χ1n) is 6.43. The third kappa shape index (κ3) is 2.79. The van der Waals surface area contributed by atoms with E-state index in [1.54, 1.807) is 12.1 Å². The van der Waals surface area contributed by atoms with Gasteiger partial charge in [-0.1, -0.05) is 19.1 Å². The minimum Gasteiger partial charge on any atom is -0.378 e. The van der Waals surface area contributed by atoms with Gasteiger partial charge in [0.15, 0.2) is 0 Å². The second-order valence-electron chi connectivity index (χ2n) is 4.58. The maximum Gasteiger partial charge on any atom is 0.292 e. The average Bonchev–Trinajstić information content (AvgIpc) is 2.84. The van der Waals surface area contributed by atoms with Crippen molar-refractivity contribution in [2.45, 2.75) is 25.8 Å². The Labute approximate surface area is 107 Å². The zero-order valence-electron chi connectivity index (χ0n) is 10.6. The Morgan fingerprint density at radius 3 is 3.00 bits per heavy atom. The third-order valence-corrected chi connectivity index (χ3v) is 3.53. The summed E-state index contributed by atoms with van der Waals surface area (Å²) < 4.78 is 0. The number of hydrogen-bond acceptors (Lipinski definition) is 4. The number of likely N-dealkylation sites (N-methyl/N-ethyl adjacent to an activating group) is 1. The molecule has 98 valence electrons. The number of nitrogens with one attached hydrogen (secondary N) is 1. The quantitative estimate of drug-likeness (QED) is 0.643. The molecule has 0 radical (unpaired) electrons. The second-order valence-corrected chi connectivity index (χ2v) is 4.58. The molecule has 0 aliphatic carbocycles. The summed E-state index contributed by atoms with van der Waals surface area (Å²) in [5.74, 6) is 0. The number of rotatable bonds is 5. The van der Waals surface area contributed by atoms with Crippen molar-refractivity contribution < 1.29 is 4.92 Å². The molecule has 5 heteroatoms. The van der Waals surface area contributed by atoms with Gasteiger partial charge in [-0.05, 0) is 32.0 Å². The highest BCUT2D eigenvalue weighted by Gasteiger charge is 2.23. The lowest BCUT2D eigenvalue weighted by Gasteiger charge is -2.23. The van der Waals surface area contributed by atoms with Crippen molar-refractivity contribution in [3.8, 4) is 0 Å². The molecule has 0 bridgehead atoms. The summed E-state index contributed by atoms with van der Waals surface area (Å²) in [5.41, 5.74) is 0.768. The Balaban J connectivity index is 2.00. The minimum absolute atomic E-state index is 0.151. The minimum atomic E-state index is -0.339. The summed E-state index contributed by atoms with van der Waals surface area (Å²) in [6.45, 7) is 5.12. The molecule has 0 saturated carbocycles. The smallest absolute Gasteiger partial charge is 0.292 e. The highest BCUT2D eigenvalue weighted by molar-refractivity contribution is 5.61. The molecule has 0 spiro atoms. The van der Waals surface area contributed by atoms with Crippen LogP contribution in [-0.2, 0) is 0 Å². The van der Waals surface area contributed by atoms with E-state index in [1.165, 1.54) is 18.9 Å². The Morgan fingerprint density at radius 1 is 1.50 bits per heavy atom. The number of anilines is 1. The molecule has 1 atom stereocenters. The van der Waals surface area contributed by atoms with Gasteiger partial charge in [0, 0.05) is 18.7 Å². The number of hydrogen-bond donors (Lipinski definition) is 1. The molecule has 0 amide bonds. The Morgan fingerprint density at radius 2 is 2.28 bits per heavy atom. The summed E-state index contributed by atoms with van der Waals surface area (Å²) in [5, 5.41) is 14.1. The van der Waals surface area contributed by atoms with Crippen molar-refractivity contribution in [1.82, 2.24) is 4.90 Å². The van der Waals surface area contributed by atoms with Gasteiger partial charge in [0.2, 0.25) is 0 Å². The van der Waals surface area contributed by atoms with Gasteiger partial charge in [-0.2, -0.15) is 0 Å². The van der Waals surface area contributed by atoms with E-state index in [4.69, 9.17) is 0 Å². The molecular formula is C13H19N3O2. The largest absolute Gasteiger partial charge is 0.378 e. The number of nitro benzene ring substituents is 1. The topological polar surface area (TPSA) is 58.4 Å². The molecule has 0 unspecified atom stereocenters. The molecule has 2 rings (SSSR count). The van der Waals surface area contributed by atoms with Crippen molar-refractivity contribution in [1.29, 1.82) is 0 Å². The van der Waals surface area contributed by atoms with Gasteiger partial charge >= 0.3 is 0 Å². The van der Waals surface area contributed by atoms with Gasteiger partial charge in [-0.3, -0.25) is 15.0 Å². The molecule has 1 fully saturated rings. The SMILES string of the molecule is CCN1CCC[C@@H]1CNc1ccccc1[N+](=O)[O-]. The Kier molecular flexibility index (Phi) is 4.15. The van der Waals surface area contributed by atoms with Crippen molar-refractivity contribution >= 4 is 11.4 Å². The first kappa shape index (κ1) is 12.8. The molecule has 1 N–H and O–H groups in total. The van der Waals surface area contributed by atoms with Gasteiger partial charge in [0.05, 0.1) is 4.92 Å². The highest BCUT2D eigenvalue weighted by Crippen LogP contribution is 2.24. The van der Waals surface area contributed by atoms with Gasteiger partial charge in [0.25, 0.3) is 5.69 Å². The second kappa shape index (κ2) is 5.82. The first-order valence-corrected chi connectivity index (χ1v) is 6.43. The summed E-state index contributed by atoms with van der Waals surface area (Å²) in [4.78, 5) is 13.0.